The third-order valence-electron chi connectivity index (χ3n) is 3.74. The maximum absolute atomic E-state index is 12.7. The van der Waals surface area contributed by atoms with Gasteiger partial charge in [0.25, 0.3) is 5.91 Å². The van der Waals surface area contributed by atoms with Crippen LogP contribution in [-0.2, 0) is 6.54 Å². The van der Waals surface area contributed by atoms with Gasteiger partial charge in [-0.05, 0) is 32.0 Å². The maximum Gasteiger partial charge on any atom is 0.257 e. The van der Waals surface area contributed by atoms with E-state index in [1.54, 1.807) is 31.3 Å². The van der Waals surface area contributed by atoms with E-state index in [1.165, 1.54) is 6.39 Å². The van der Waals surface area contributed by atoms with Gasteiger partial charge in [0.1, 0.15) is 5.56 Å². The molecule has 0 saturated heterocycles. The van der Waals surface area contributed by atoms with Crippen molar-refractivity contribution in [1.82, 2.24) is 20.0 Å². The van der Waals surface area contributed by atoms with Gasteiger partial charge in [0, 0.05) is 23.2 Å². The van der Waals surface area contributed by atoms with Gasteiger partial charge in [0.2, 0.25) is 11.8 Å². The Morgan fingerprint density at radius 1 is 1.46 bits per heavy atom. The molecule has 1 atom stereocenters. The number of aromatic nitrogens is 3. The lowest BCUT2D eigenvalue weighted by molar-refractivity contribution is 0.0936. The molecule has 0 spiro atoms. The van der Waals surface area contributed by atoms with Crippen molar-refractivity contribution in [2.45, 2.75) is 26.4 Å². The van der Waals surface area contributed by atoms with E-state index in [4.69, 9.17) is 11.6 Å². The molecular formula is C16H15ClN4O3. The van der Waals surface area contributed by atoms with Crippen molar-refractivity contribution >= 4 is 28.4 Å². The number of aryl methyl sites for hydroxylation is 1. The second-order valence-electron chi connectivity index (χ2n) is 5.30. The van der Waals surface area contributed by atoms with Gasteiger partial charge in [-0.25, -0.2) is 0 Å². The second-order valence-corrected chi connectivity index (χ2v) is 5.74. The van der Waals surface area contributed by atoms with Crippen molar-refractivity contribution < 1.29 is 9.32 Å². The van der Waals surface area contributed by atoms with Gasteiger partial charge >= 0.3 is 0 Å². The Morgan fingerprint density at radius 3 is 2.92 bits per heavy atom. The zero-order chi connectivity index (χ0) is 17.3. The highest BCUT2D eigenvalue weighted by molar-refractivity contribution is 6.31. The summed E-state index contributed by atoms with van der Waals surface area (Å²) in [6.07, 6.45) is 2.73. The topological polar surface area (TPSA) is 90.0 Å². The number of carbonyl (C=O) groups is 1. The number of nitrogens with one attached hydrogen (secondary N) is 1. The summed E-state index contributed by atoms with van der Waals surface area (Å²) in [5.74, 6) is -0.163. The van der Waals surface area contributed by atoms with Gasteiger partial charge in [0.15, 0.2) is 5.82 Å². The minimum absolute atomic E-state index is 0.0435. The Labute approximate surface area is 142 Å². The van der Waals surface area contributed by atoms with Crippen molar-refractivity contribution in [3.63, 3.8) is 0 Å². The van der Waals surface area contributed by atoms with E-state index in [1.807, 2.05) is 11.5 Å². The molecule has 0 radical (unpaired) electrons. The molecule has 0 aliphatic heterocycles. The van der Waals surface area contributed by atoms with Crippen LogP contribution in [0.25, 0.3) is 10.9 Å². The number of benzene rings is 1. The first-order valence-corrected chi connectivity index (χ1v) is 7.79. The van der Waals surface area contributed by atoms with E-state index in [0.29, 0.717) is 22.8 Å². The van der Waals surface area contributed by atoms with Gasteiger partial charge in [0.05, 0.1) is 11.6 Å². The van der Waals surface area contributed by atoms with E-state index in [2.05, 4.69) is 20.0 Å². The fraction of sp³-hybridized carbons (Fsp3) is 0.250. The highest BCUT2D eigenvalue weighted by Gasteiger charge is 2.19. The molecule has 2 aromatic heterocycles. The van der Waals surface area contributed by atoms with Crippen LogP contribution in [0.15, 0.2) is 40.1 Å². The first kappa shape index (κ1) is 16.2. The Bertz CT molecular complexity index is 950. The molecule has 2 heterocycles. The van der Waals surface area contributed by atoms with Crippen LogP contribution in [0.2, 0.25) is 5.02 Å². The summed E-state index contributed by atoms with van der Waals surface area (Å²) in [5.41, 5.74) is 0.409. The molecule has 1 aromatic carbocycles. The molecule has 0 fully saturated rings. The smallest absolute Gasteiger partial charge is 0.257 e. The van der Waals surface area contributed by atoms with Crippen LogP contribution in [0, 0.1) is 0 Å². The Hall–Kier alpha value is -2.67. The predicted molar refractivity (Wildman–Crippen MR) is 89.1 cm³/mol. The van der Waals surface area contributed by atoms with Crippen LogP contribution in [0.3, 0.4) is 0 Å². The summed E-state index contributed by atoms with van der Waals surface area (Å²) < 4.78 is 6.50. The van der Waals surface area contributed by atoms with Crippen molar-refractivity contribution in [2.75, 3.05) is 0 Å². The van der Waals surface area contributed by atoms with Crippen LogP contribution in [0.1, 0.15) is 36.1 Å². The lowest BCUT2D eigenvalue weighted by atomic mass is 10.1. The average molecular weight is 347 g/mol. The fourth-order valence-electron chi connectivity index (χ4n) is 2.50. The fourth-order valence-corrected chi connectivity index (χ4v) is 2.67. The second kappa shape index (κ2) is 6.45. The minimum Gasteiger partial charge on any atom is -0.347 e. The third-order valence-corrected chi connectivity index (χ3v) is 3.98. The third kappa shape index (κ3) is 2.90. The number of nitrogens with zero attached hydrogens (tertiary/aromatic N) is 3. The van der Waals surface area contributed by atoms with Gasteiger partial charge in [-0.15, -0.1) is 0 Å². The first-order valence-electron chi connectivity index (χ1n) is 7.41. The Morgan fingerprint density at radius 2 is 2.25 bits per heavy atom. The lowest BCUT2D eigenvalue weighted by Crippen LogP contribution is -2.32. The molecule has 0 saturated carbocycles. The molecule has 124 valence electrons. The lowest BCUT2D eigenvalue weighted by Gasteiger charge is -2.13. The van der Waals surface area contributed by atoms with E-state index in [9.17, 15) is 9.59 Å². The van der Waals surface area contributed by atoms with Crippen molar-refractivity contribution in [1.29, 1.82) is 0 Å². The van der Waals surface area contributed by atoms with E-state index < -0.39 is 11.9 Å². The van der Waals surface area contributed by atoms with Crippen molar-refractivity contribution in [2.24, 2.45) is 0 Å². The van der Waals surface area contributed by atoms with Crippen LogP contribution >= 0.6 is 11.6 Å². The molecule has 0 bridgehead atoms. The molecule has 7 nitrogen and oxygen atoms in total. The van der Waals surface area contributed by atoms with Gasteiger partial charge in [-0.1, -0.05) is 16.8 Å². The highest BCUT2D eigenvalue weighted by Crippen LogP contribution is 2.18. The average Bonchev–Trinajstić information content (AvgIpc) is 3.10. The first-order chi connectivity index (χ1) is 11.5. The summed E-state index contributed by atoms with van der Waals surface area (Å²) in [7, 11) is 0. The van der Waals surface area contributed by atoms with Crippen LogP contribution in [-0.4, -0.2) is 20.6 Å². The standard InChI is InChI=1S/C16H15ClN4O3/c1-3-21-7-12(14(22)11-6-10(17)4-5-13(11)21)16(23)19-9(2)15-18-8-24-20-15/h4-9H,3H2,1-2H3,(H,19,23)/t9-/m1/s1. The van der Waals surface area contributed by atoms with Crippen LogP contribution < -0.4 is 10.7 Å². The molecular weight excluding hydrogens is 332 g/mol. The number of hydrogen-bond acceptors (Lipinski definition) is 5. The molecule has 8 heteroatoms. The van der Waals surface area contributed by atoms with Gasteiger partial charge in [-0.3, -0.25) is 9.59 Å². The number of pyridine rings is 1. The van der Waals surface area contributed by atoms with E-state index in [0.717, 1.165) is 5.52 Å². The molecule has 3 aromatic rings. The maximum atomic E-state index is 12.7. The van der Waals surface area contributed by atoms with Gasteiger partial charge < -0.3 is 14.4 Å². The molecule has 24 heavy (non-hydrogen) atoms. The van der Waals surface area contributed by atoms with Crippen LogP contribution in [0.4, 0.5) is 0 Å². The zero-order valence-electron chi connectivity index (χ0n) is 13.1. The molecule has 0 unspecified atom stereocenters. The monoisotopic (exact) mass is 346 g/mol. The number of carbonyl (C=O) groups excluding carboxylic acids is 1. The molecule has 3 rings (SSSR count). The number of hydrogen-bond donors (Lipinski definition) is 1. The normalized spacial score (nSPS) is 12.3. The number of amides is 1. The van der Waals surface area contributed by atoms with Gasteiger partial charge in [-0.2, -0.15) is 4.98 Å². The quantitative estimate of drug-likeness (QED) is 0.784. The van der Waals surface area contributed by atoms with E-state index >= 15 is 0 Å². The number of rotatable bonds is 4. The summed E-state index contributed by atoms with van der Waals surface area (Å²) in [5, 5.41) is 7.23. The summed E-state index contributed by atoms with van der Waals surface area (Å²) in [4.78, 5) is 29.1. The molecule has 1 N–H and O–H groups in total. The zero-order valence-corrected chi connectivity index (χ0v) is 13.9. The minimum atomic E-state index is -0.499. The Kier molecular flexibility index (Phi) is 4.35. The Balaban J connectivity index is 2.04. The SMILES string of the molecule is CCn1cc(C(=O)N[C@H](C)c2ncon2)c(=O)c2cc(Cl)ccc21. The highest BCUT2D eigenvalue weighted by atomic mass is 35.5. The summed E-state index contributed by atoms with van der Waals surface area (Å²) in [6.45, 7) is 4.25. The summed E-state index contributed by atoms with van der Waals surface area (Å²) >= 11 is 5.99. The predicted octanol–water partition coefficient (Wildman–Crippen LogP) is 2.55. The van der Waals surface area contributed by atoms with Crippen molar-refractivity contribution in [3.05, 3.63) is 57.4 Å². The number of halogens is 1. The summed E-state index contributed by atoms with van der Waals surface area (Å²) in [6, 6.07) is 4.57. The van der Waals surface area contributed by atoms with Crippen molar-refractivity contribution in [3.8, 4) is 0 Å². The molecule has 1 amide bonds. The molecule has 0 aliphatic carbocycles. The van der Waals surface area contributed by atoms with E-state index in [-0.39, 0.29) is 11.0 Å². The number of fused-ring (bicyclic) bond motifs is 1. The molecule has 0 aliphatic rings. The largest absolute Gasteiger partial charge is 0.347 e. The van der Waals surface area contributed by atoms with Crippen LogP contribution in [0.5, 0.6) is 0 Å².